The molecular weight excluding hydrogens is 268 g/mol. The monoisotopic (exact) mass is 292 g/mol. The Hall–Kier alpha value is -2.08. The number of primary amides is 1. The van der Waals surface area contributed by atoms with Crippen molar-refractivity contribution in [2.45, 2.75) is 32.6 Å². The molecule has 0 fully saturated rings. The Morgan fingerprint density at radius 2 is 1.86 bits per heavy atom. The van der Waals surface area contributed by atoms with Crippen LogP contribution in [0.4, 0.5) is 16.2 Å². The van der Waals surface area contributed by atoms with Gasteiger partial charge < -0.3 is 22.1 Å². The maximum atomic E-state index is 11.9. The number of hydrogen-bond acceptors (Lipinski definition) is 3. The van der Waals surface area contributed by atoms with Gasteiger partial charge in [-0.15, -0.1) is 0 Å². The van der Waals surface area contributed by atoms with Gasteiger partial charge in [-0.05, 0) is 43.5 Å². The Morgan fingerprint density at radius 3 is 2.43 bits per heavy atom. The van der Waals surface area contributed by atoms with Crippen molar-refractivity contribution in [1.82, 2.24) is 0 Å². The minimum Gasteiger partial charge on any atom is -0.351 e. The van der Waals surface area contributed by atoms with E-state index in [-0.39, 0.29) is 5.91 Å². The minimum atomic E-state index is -0.633. The topological polar surface area (TPSA) is 110 Å². The SMILES string of the molecule is CCC(CCN)CCC(=O)Nc1cccc(NC(N)=O)c1. The van der Waals surface area contributed by atoms with Gasteiger partial charge in [-0.1, -0.05) is 19.4 Å². The molecule has 0 bridgehead atoms. The molecule has 1 atom stereocenters. The lowest BCUT2D eigenvalue weighted by Gasteiger charge is -2.13. The van der Waals surface area contributed by atoms with Gasteiger partial charge in [0, 0.05) is 17.8 Å². The van der Waals surface area contributed by atoms with Crippen molar-refractivity contribution in [3.05, 3.63) is 24.3 Å². The molecule has 6 N–H and O–H groups in total. The van der Waals surface area contributed by atoms with Crippen molar-refractivity contribution in [3.63, 3.8) is 0 Å². The lowest BCUT2D eigenvalue weighted by atomic mass is 9.96. The molecule has 0 spiro atoms. The maximum Gasteiger partial charge on any atom is 0.316 e. The molecule has 21 heavy (non-hydrogen) atoms. The molecule has 0 aliphatic carbocycles. The lowest BCUT2D eigenvalue weighted by molar-refractivity contribution is -0.116. The fraction of sp³-hybridized carbons (Fsp3) is 0.467. The quantitative estimate of drug-likeness (QED) is 0.590. The molecule has 1 aromatic carbocycles. The summed E-state index contributed by atoms with van der Waals surface area (Å²) in [6, 6.07) is 6.24. The fourth-order valence-corrected chi connectivity index (χ4v) is 2.16. The highest BCUT2D eigenvalue weighted by Gasteiger charge is 2.09. The van der Waals surface area contributed by atoms with Gasteiger partial charge in [0.05, 0.1) is 0 Å². The van der Waals surface area contributed by atoms with Crippen molar-refractivity contribution >= 4 is 23.3 Å². The summed E-state index contributed by atoms with van der Waals surface area (Å²) in [4.78, 5) is 22.7. The van der Waals surface area contributed by atoms with Crippen LogP contribution in [0.15, 0.2) is 24.3 Å². The van der Waals surface area contributed by atoms with E-state index in [0.717, 1.165) is 19.3 Å². The number of nitrogens with one attached hydrogen (secondary N) is 2. The van der Waals surface area contributed by atoms with E-state index in [4.69, 9.17) is 11.5 Å². The summed E-state index contributed by atoms with van der Waals surface area (Å²) in [5.41, 5.74) is 11.8. The molecule has 0 saturated heterocycles. The summed E-state index contributed by atoms with van der Waals surface area (Å²) >= 11 is 0. The van der Waals surface area contributed by atoms with Crippen LogP contribution in [0.5, 0.6) is 0 Å². The van der Waals surface area contributed by atoms with Gasteiger partial charge in [0.15, 0.2) is 0 Å². The first kappa shape index (κ1) is 17.0. The minimum absolute atomic E-state index is 0.0401. The highest BCUT2D eigenvalue weighted by Crippen LogP contribution is 2.17. The highest BCUT2D eigenvalue weighted by atomic mass is 16.2. The molecule has 0 aromatic heterocycles. The molecule has 0 heterocycles. The van der Waals surface area contributed by atoms with Crippen LogP contribution < -0.4 is 22.1 Å². The van der Waals surface area contributed by atoms with Crippen molar-refractivity contribution in [2.75, 3.05) is 17.2 Å². The van der Waals surface area contributed by atoms with Gasteiger partial charge in [0.25, 0.3) is 0 Å². The summed E-state index contributed by atoms with van der Waals surface area (Å²) in [5, 5.41) is 5.28. The first-order valence-electron chi connectivity index (χ1n) is 7.21. The van der Waals surface area contributed by atoms with Crippen LogP contribution in [0.2, 0.25) is 0 Å². The van der Waals surface area contributed by atoms with E-state index >= 15 is 0 Å². The predicted molar refractivity (Wildman–Crippen MR) is 85.0 cm³/mol. The third kappa shape index (κ3) is 6.76. The van der Waals surface area contributed by atoms with Crippen LogP contribution in [0.25, 0.3) is 0 Å². The van der Waals surface area contributed by atoms with Gasteiger partial charge >= 0.3 is 6.03 Å². The number of benzene rings is 1. The van der Waals surface area contributed by atoms with Crippen LogP contribution in [0.1, 0.15) is 32.6 Å². The zero-order valence-electron chi connectivity index (χ0n) is 12.4. The van der Waals surface area contributed by atoms with Crippen molar-refractivity contribution in [1.29, 1.82) is 0 Å². The second-order valence-electron chi connectivity index (χ2n) is 5.01. The van der Waals surface area contributed by atoms with E-state index < -0.39 is 6.03 Å². The zero-order valence-corrected chi connectivity index (χ0v) is 12.4. The van der Waals surface area contributed by atoms with Gasteiger partial charge in [-0.25, -0.2) is 4.79 Å². The van der Waals surface area contributed by atoms with Crippen LogP contribution in [-0.2, 0) is 4.79 Å². The molecule has 0 radical (unpaired) electrons. The molecule has 0 aliphatic rings. The maximum absolute atomic E-state index is 11.9. The second kappa shape index (κ2) is 8.97. The van der Waals surface area contributed by atoms with Crippen molar-refractivity contribution in [2.24, 2.45) is 17.4 Å². The van der Waals surface area contributed by atoms with Crippen molar-refractivity contribution < 1.29 is 9.59 Å². The van der Waals surface area contributed by atoms with E-state index in [1.54, 1.807) is 24.3 Å². The van der Waals surface area contributed by atoms with Crippen LogP contribution in [-0.4, -0.2) is 18.5 Å². The number of rotatable bonds is 8. The summed E-state index contributed by atoms with van der Waals surface area (Å²) in [6.45, 7) is 2.76. The molecule has 3 amide bonds. The normalized spacial score (nSPS) is 11.7. The largest absolute Gasteiger partial charge is 0.351 e. The summed E-state index contributed by atoms with van der Waals surface area (Å²) in [6.07, 6.45) is 3.27. The molecular formula is C15H24N4O2. The molecule has 6 heteroatoms. The Morgan fingerprint density at radius 1 is 1.19 bits per heavy atom. The van der Waals surface area contributed by atoms with Gasteiger partial charge in [-0.3, -0.25) is 4.79 Å². The average Bonchev–Trinajstić information content (AvgIpc) is 2.43. The van der Waals surface area contributed by atoms with Crippen LogP contribution in [0, 0.1) is 5.92 Å². The molecule has 1 aromatic rings. The Labute approximate surface area is 125 Å². The number of anilines is 2. The fourth-order valence-electron chi connectivity index (χ4n) is 2.16. The molecule has 1 rings (SSSR count). The standard InChI is InChI=1S/C15H24N4O2/c1-2-11(8-9-16)6-7-14(20)18-12-4-3-5-13(10-12)19-15(17)21/h3-5,10-11H,2,6-9,16H2,1H3,(H,18,20)(H3,17,19,21). The number of carbonyl (C=O) groups excluding carboxylic acids is 2. The predicted octanol–water partition coefficient (Wildman–Crippen LogP) is 2.27. The van der Waals surface area contributed by atoms with Crippen LogP contribution >= 0.6 is 0 Å². The third-order valence-corrected chi connectivity index (χ3v) is 3.35. The van der Waals surface area contributed by atoms with E-state index in [2.05, 4.69) is 17.6 Å². The van der Waals surface area contributed by atoms with Crippen molar-refractivity contribution in [3.8, 4) is 0 Å². The van der Waals surface area contributed by atoms with Crippen LogP contribution in [0.3, 0.4) is 0 Å². The number of hydrogen-bond donors (Lipinski definition) is 4. The highest BCUT2D eigenvalue weighted by molar-refractivity contribution is 5.93. The smallest absolute Gasteiger partial charge is 0.316 e. The average molecular weight is 292 g/mol. The molecule has 1 unspecified atom stereocenters. The van der Waals surface area contributed by atoms with E-state index in [1.165, 1.54) is 0 Å². The molecule has 0 aliphatic heterocycles. The lowest BCUT2D eigenvalue weighted by Crippen LogP contribution is -2.19. The second-order valence-corrected chi connectivity index (χ2v) is 5.01. The summed E-state index contributed by atoms with van der Waals surface area (Å²) < 4.78 is 0. The Balaban J connectivity index is 2.49. The molecule has 0 saturated carbocycles. The van der Waals surface area contributed by atoms with E-state index in [9.17, 15) is 9.59 Å². The summed E-state index contributed by atoms with van der Waals surface area (Å²) in [5.74, 6) is 0.449. The Kier molecular flexibility index (Phi) is 7.25. The number of urea groups is 1. The first-order valence-corrected chi connectivity index (χ1v) is 7.21. The van der Waals surface area contributed by atoms with E-state index in [0.29, 0.717) is 30.3 Å². The summed E-state index contributed by atoms with van der Waals surface area (Å²) in [7, 11) is 0. The van der Waals surface area contributed by atoms with Gasteiger partial charge in [-0.2, -0.15) is 0 Å². The zero-order chi connectivity index (χ0) is 15.7. The number of amides is 3. The van der Waals surface area contributed by atoms with Gasteiger partial charge in [0.1, 0.15) is 0 Å². The number of carbonyl (C=O) groups is 2. The molecule has 6 nitrogen and oxygen atoms in total. The third-order valence-electron chi connectivity index (χ3n) is 3.35. The van der Waals surface area contributed by atoms with Gasteiger partial charge in [0.2, 0.25) is 5.91 Å². The number of nitrogens with two attached hydrogens (primary N) is 2. The Bertz CT molecular complexity index is 476. The molecule has 116 valence electrons. The first-order chi connectivity index (χ1) is 10.0. The van der Waals surface area contributed by atoms with E-state index in [1.807, 2.05) is 0 Å².